The summed E-state index contributed by atoms with van der Waals surface area (Å²) in [6, 6.07) is 40.9. The number of allylic oxidation sites excluding steroid dienone is 1. The average Bonchev–Trinajstić information content (AvgIpc) is 2.94. The second-order valence-electron chi connectivity index (χ2n) is 10.1. The Labute approximate surface area is 210 Å². The van der Waals surface area contributed by atoms with Crippen LogP contribution in [-0.4, -0.2) is 0 Å². The van der Waals surface area contributed by atoms with Gasteiger partial charge in [-0.25, -0.2) is 0 Å². The van der Waals surface area contributed by atoms with Gasteiger partial charge in [0.15, 0.2) is 0 Å². The molecule has 0 bridgehead atoms. The Morgan fingerprint density at radius 3 is 1.86 bits per heavy atom. The van der Waals surface area contributed by atoms with Crippen molar-refractivity contribution in [1.29, 1.82) is 0 Å². The molecule has 0 fully saturated rings. The van der Waals surface area contributed by atoms with E-state index in [1.165, 1.54) is 76.1 Å². The molecule has 0 aromatic heterocycles. The molecule has 1 aliphatic carbocycles. The zero-order valence-electron chi connectivity index (χ0n) is 20.0. The molecule has 7 aromatic rings. The first-order valence-electron chi connectivity index (χ1n) is 12.8. The average molecular weight is 457 g/mol. The summed E-state index contributed by atoms with van der Waals surface area (Å²) < 4.78 is 0. The van der Waals surface area contributed by atoms with Gasteiger partial charge in [-0.05, 0) is 125 Å². The van der Waals surface area contributed by atoms with Crippen LogP contribution >= 0.6 is 0 Å². The van der Waals surface area contributed by atoms with Gasteiger partial charge in [-0.1, -0.05) is 84.9 Å². The normalized spacial score (nSPS) is 13.2. The highest BCUT2D eigenvalue weighted by molar-refractivity contribution is 6.12. The van der Waals surface area contributed by atoms with Crippen LogP contribution in [0.4, 0.5) is 0 Å². The fourth-order valence-electron chi connectivity index (χ4n) is 6.11. The van der Waals surface area contributed by atoms with E-state index >= 15 is 0 Å². The largest absolute Gasteiger partial charge is 0.0836 e. The Hall–Kier alpha value is -4.42. The molecule has 0 amide bonds. The molecule has 0 spiro atoms. The maximum Gasteiger partial charge on any atom is -0.00990 e. The SMILES string of the molecule is C1=Cc2c(ccc3cc4cc(-c5ccc6cc7c(ccc8ccccc87)cc6c5)ccc4cc23)CC1. The van der Waals surface area contributed by atoms with Crippen molar-refractivity contribution in [1.82, 2.24) is 0 Å². The monoisotopic (exact) mass is 456 g/mol. The van der Waals surface area contributed by atoms with E-state index in [0.717, 1.165) is 12.8 Å². The Bertz CT molecular complexity index is 2040. The van der Waals surface area contributed by atoms with Crippen molar-refractivity contribution in [3.05, 3.63) is 126 Å². The molecule has 0 saturated carbocycles. The summed E-state index contributed by atoms with van der Waals surface area (Å²) in [4.78, 5) is 0. The van der Waals surface area contributed by atoms with Gasteiger partial charge in [-0.2, -0.15) is 0 Å². The fourth-order valence-corrected chi connectivity index (χ4v) is 6.11. The van der Waals surface area contributed by atoms with Crippen LogP contribution in [0.3, 0.4) is 0 Å². The third-order valence-corrected chi connectivity index (χ3v) is 8.01. The fraction of sp³-hybridized carbons (Fsp3) is 0.0556. The summed E-state index contributed by atoms with van der Waals surface area (Å²) in [5, 5.41) is 13.1. The lowest BCUT2D eigenvalue weighted by atomic mass is 9.90. The molecule has 0 aliphatic heterocycles. The van der Waals surface area contributed by atoms with E-state index < -0.39 is 0 Å². The molecule has 168 valence electrons. The zero-order chi connectivity index (χ0) is 23.6. The number of rotatable bonds is 1. The van der Waals surface area contributed by atoms with Crippen LogP contribution in [-0.2, 0) is 6.42 Å². The minimum atomic E-state index is 1.15. The van der Waals surface area contributed by atoms with Gasteiger partial charge in [0, 0.05) is 0 Å². The lowest BCUT2D eigenvalue weighted by Crippen LogP contribution is -1.94. The van der Waals surface area contributed by atoms with E-state index in [9.17, 15) is 0 Å². The quantitative estimate of drug-likeness (QED) is 0.170. The molecule has 7 aromatic carbocycles. The number of hydrogen-bond acceptors (Lipinski definition) is 0. The minimum absolute atomic E-state index is 1.15. The first-order valence-corrected chi connectivity index (χ1v) is 12.8. The van der Waals surface area contributed by atoms with Crippen LogP contribution < -0.4 is 0 Å². The molecule has 1 aliphatic rings. The highest BCUT2D eigenvalue weighted by atomic mass is 14.1. The summed E-state index contributed by atoms with van der Waals surface area (Å²) >= 11 is 0. The molecule has 0 nitrogen and oxygen atoms in total. The first-order chi connectivity index (χ1) is 17.8. The van der Waals surface area contributed by atoms with Crippen molar-refractivity contribution in [3.8, 4) is 11.1 Å². The van der Waals surface area contributed by atoms with Crippen molar-refractivity contribution in [2.45, 2.75) is 12.8 Å². The Kier molecular flexibility index (Phi) is 4.15. The maximum atomic E-state index is 2.37. The van der Waals surface area contributed by atoms with Crippen LogP contribution in [0.1, 0.15) is 17.5 Å². The lowest BCUT2D eigenvalue weighted by molar-refractivity contribution is 0.990. The summed E-state index contributed by atoms with van der Waals surface area (Å²) in [5.74, 6) is 0. The van der Waals surface area contributed by atoms with Crippen molar-refractivity contribution < 1.29 is 0 Å². The van der Waals surface area contributed by atoms with E-state index in [2.05, 4.69) is 121 Å². The van der Waals surface area contributed by atoms with Gasteiger partial charge in [0.25, 0.3) is 0 Å². The number of benzene rings is 7. The van der Waals surface area contributed by atoms with Crippen LogP contribution in [0.15, 0.2) is 115 Å². The van der Waals surface area contributed by atoms with Gasteiger partial charge in [-0.15, -0.1) is 0 Å². The van der Waals surface area contributed by atoms with Crippen molar-refractivity contribution in [3.63, 3.8) is 0 Å². The summed E-state index contributed by atoms with van der Waals surface area (Å²) in [6.45, 7) is 0. The second-order valence-corrected chi connectivity index (χ2v) is 10.1. The van der Waals surface area contributed by atoms with Crippen LogP contribution in [0.5, 0.6) is 0 Å². The smallest absolute Gasteiger partial charge is 0.00990 e. The zero-order valence-corrected chi connectivity index (χ0v) is 20.0. The molecule has 0 heterocycles. The molecule has 36 heavy (non-hydrogen) atoms. The van der Waals surface area contributed by atoms with Gasteiger partial charge < -0.3 is 0 Å². The molecule has 0 unspecified atom stereocenters. The summed E-state index contributed by atoms with van der Waals surface area (Å²) in [6.07, 6.45) is 6.91. The molecule has 0 saturated heterocycles. The molecule has 0 atom stereocenters. The molecular formula is C36H24. The highest BCUT2D eigenvalue weighted by Crippen LogP contribution is 2.35. The second kappa shape index (κ2) is 7.54. The third-order valence-electron chi connectivity index (χ3n) is 8.01. The van der Waals surface area contributed by atoms with E-state index in [0.29, 0.717) is 0 Å². The van der Waals surface area contributed by atoms with Gasteiger partial charge in [-0.3, -0.25) is 0 Å². The Balaban J connectivity index is 1.27. The van der Waals surface area contributed by atoms with E-state index in [-0.39, 0.29) is 0 Å². The van der Waals surface area contributed by atoms with E-state index in [1.54, 1.807) is 0 Å². The minimum Gasteiger partial charge on any atom is -0.0836 e. The van der Waals surface area contributed by atoms with Gasteiger partial charge in [0.05, 0.1) is 0 Å². The molecule has 0 radical (unpaired) electrons. The predicted molar refractivity (Wildman–Crippen MR) is 157 cm³/mol. The van der Waals surface area contributed by atoms with Crippen molar-refractivity contribution in [2.75, 3.05) is 0 Å². The number of aryl methyl sites for hydroxylation is 1. The highest BCUT2D eigenvalue weighted by Gasteiger charge is 2.10. The van der Waals surface area contributed by atoms with Crippen molar-refractivity contribution >= 4 is 59.9 Å². The van der Waals surface area contributed by atoms with Crippen LogP contribution in [0.25, 0.3) is 71.1 Å². The lowest BCUT2D eigenvalue weighted by Gasteiger charge is -2.14. The topological polar surface area (TPSA) is 0 Å². The van der Waals surface area contributed by atoms with E-state index in [4.69, 9.17) is 0 Å². The number of fused-ring (bicyclic) bond motifs is 8. The van der Waals surface area contributed by atoms with Crippen LogP contribution in [0, 0.1) is 0 Å². The first kappa shape index (κ1) is 19.8. The summed E-state index contributed by atoms with van der Waals surface area (Å²) in [7, 11) is 0. The maximum absolute atomic E-state index is 2.37. The molecule has 8 rings (SSSR count). The van der Waals surface area contributed by atoms with E-state index in [1.807, 2.05) is 0 Å². The third kappa shape index (κ3) is 3.01. The Morgan fingerprint density at radius 1 is 0.417 bits per heavy atom. The van der Waals surface area contributed by atoms with Gasteiger partial charge >= 0.3 is 0 Å². The van der Waals surface area contributed by atoms with Gasteiger partial charge in [0.1, 0.15) is 0 Å². The molecule has 0 heteroatoms. The predicted octanol–water partition coefficient (Wildman–Crippen LogP) is 10.1. The number of hydrogen-bond donors (Lipinski definition) is 0. The van der Waals surface area contributed by atoms with Crippen molar-refractivity contribution in [2.24, 2.45) is 0 Å². The van der Waals surface area contributed by atoms with Crippen LogP contribution in [0.2, 0.25) is 0 Å². The van der Waals surface area contributed by atoms with Gasteiger partial charge in [0.2, 0.25) is 0 Å². The standard InChI is InChI=1S/C36H24/c1-3-7-33-23(5-1)9-15-29-19-31-17-25(11-13-27(31)21-35(29)33)26-12-14-28-22-36-30(20-32(28)18-26)16-10-24-6-2-4-8-34(24)36/h1,3-5,7-22H,2,6H2. The summed E-state index contributed by atoms with van der Waals surface area (Å²) in [5.41, 5.74) is 5.40. The molecule has 0 N–H and O–H groups in total. The molecular weight excluding hydrogens is 432 g/mol. The Morgan fingerprint density at radius 2 is 1.06 bits per heavy atom.